The molecule has 6 heteroatoms. The number of nitrogens with one attached hydrogen (secondary N) is 1. The van der Waals surface area contributed by atoms with E-state index in [-0.39, 0.29) is 21.9 Å². The largest absolute Gasteiger partial charge is 0.383 e. The summed E-state index contributed by atoms with van der Waals surface area (Å²) in [4.78, 5) is 0.0902. The monoisotopic (exact) mass is 217 g/mol. The Morgan fingerprint density at radius 3 is 2.43 bits per heavy atom. The third-order valence-electron chi connectivity index (χ3n) is 1.59. The number of nitrogens with two attached hydrogens (primary N) is 1. The van der Waals surface area contributed by atoms with Crippen LogP contribution < -0.4 is 5.73 Å². The molecule has 0 saturated carbocycles. The van der Waals surface area contributed by atoms with Gasteiger partial charge in [0.2, 0.25) is 0 Å². The molecule has 80 valence electrons. The maximum Gasteiger partial charge on any atom is 0.184 e. The SMILES string of the molecule is CC(C)(C)CS(=O)(=O)c1cn[nH]c1N. The number of aromatic nitrogens is 2. The van der Waals surface area contributed by atoms with E-state index in [1.54, 1.807) is 0 Å². The van der Waals surface area contributed by atoms with Gasteiger partial charge in [0.1, 0.15) is 10.7 Å². The molecule has 0 unspecified atom stereocenters. The van der Waals surface area contributed by atoms with Gasteiger partial charge in [-0.1, -0.05) is 20.8 Å². The van der Waals surface area contributed by atoms with Crippen LogP contribution >= 0.6 is 0 Å². The van der Waals surface area contributed by atoms with Crippen LogP contribution in [0.3, 0.4) is 0 Å². The van der Waals surface area contributed by atoms with Gasteiger partial charge in [-0.25, -0.2) is 8.42 Å². The molecule has 0 atom stereocenters. The molecule has 5 nitrogen and oxygen atoms in total. The quantitative estimate of drug-likeness (QED) is 0.767. The summed E-state index contributed by atoms with van der Waals surface area (Å²) < 4.78 is 23.6. The Morgan fingerprint density at radius 2 is 2.07 bits per heavy atom. The van der Waals surface area contributed by atoms with E-state index >= 15 is 0 Å². The molecule has 0 spiro atoms. The van der Waals surface area contributed by atoms with Crippen molar-refractivity contribution in [1.29, 1.82) is 0 Å². The van der Waals surface area contributed by atoms with Gasteiger partial charge in [0.15, 0.2) is 9.84 Å². The van der Waals surface area contributed by atoms with Gasteiger partial charge in [-0.3, -0.25) is 5.10 Å². The lowest BCUT2D eigenvalue weighted by atomic mass is 10.0. The second-order valence-electron chi connectivity index (χ2n) is 4.47. The molecule has 1 heterocycles. The Kier molecular flexibility index (Phi) is 2.58. The summed E-state index contributed by atoms with van der Waals surface area (Å²) in [7, 11) is -3.32. The van der Waals surface area contributed by atoms with Gasteiger partial charge in [-0.05, 0) is 5.41 Å². The van der Waals surface area contributed by atoms with Crippen LogP contribution in [-0.4, -0.2) is 24.4 Å². The Morgan fingerprint density at radius 1 is 1.50 bits per heavy atom. The predicted molar refractivity (Wildman–Crippen MR) is 54.5 cm³/mol. The van der Waals surface area contributed by atoms with Gasteiger partial charge in [0, 0.05) is 0 Å². The Hall–Kier alpha value is -1.04. The van der Waals surface area contributed by atoms with Crippen molar-refractivity contribution < 1.29 is 8.42 Å². The Labute approximate surface area is 83.6 Å². The molecule has 14 heavy (non-hydrogen) atoms. The first-order valence-electron chi connectivity index (χ1n) is 4.24. The van der Waals surface area contributed by atoms with Crippen molar-refractivity contribution in [2.75, 3.05) is 11.5 Å². The third kappa shape index (κ3) is 2.47. The number of nitrogens with zero attached hydrogens (tertiary/aromatic N) is 1. The number of sulfone groups is 1. The zero-order valence-corrected chi connectivity index (χ0v) is 9.35. The molecule has 0 aromatic carbocycles. The molecule has 1 aromatic rings. The van der Waals surface area contributed by atoms with Gasteiger partial charge in [-0.15, -0.1) is 0 Å². The van der Waals surface area contributed by atoms with Crippen LogP contribution in [0, 0.1) is 5.41 Å². The van der Waals surface area contributed by atoms with Crippen LogP contribution in [0.2, 0.25) is 0 Å². The number of aromatic amines is 1. The zero-order chi connectivity index (χ0) is 11.0. The van der Waals surface area contributed by atoms with Crippen molar-refractivity contribution in [3.8, 4) is 0 Å². The van der Waals surface area contributed by atoms with Crippen LogP contribution in [0.1, 0.15) is 20.8 Å². The second-order valence-corrected chi connectivity index (χ2v) is 6.43. The van der Waals surface area contributed by atoms with Gasteiger partial charge in [0.05, 0.1) is 11.9 Å². The van der Waals surface area contributed by atoms with E-state index in [2.05, 4.69) is 10.2 Å². The summed E-state index contributed by atoms with van der Waals surface area (Å²) in [6, 6.07) is 0. The molecule has 0 saturated heterocycles. The molecule has 1 rings (SSSR count). The average Bonchev–Trinajstić information content (AvgIpc) is 2.29. The van der Waals surface area contributed by atoms with E-state index in [1.807, 2.05) is 20.8 Å². The highest BCUT2D eigenvalue weighted by Crippen LogP contribution is 2.23. The van der Waals surface area contributed by atoms with Crippen LogP contribution in [0.25, 0.3) is 0 Å². The van der Waals surface area contributed by atoms with E-state index in [0.29, 0.717) is 0 Å². The molecule has 0 aliphatic rings. The van der Waals surface area contributed by atoms with E-state index in [1.165, 1.54) is 6.20 Å². The highest BCUT2D eigenvalue weighted by Gasteiger charge is 2.26. The van der Waals surface area contributed by atoms with Crippen LogP contribution in [0.15, 0.2) is 11.1 Å². The van der Waals surface area contributed by atoms with E-state index in [0.717, 1.165) is 0 Å². The van der Waals surface area contributed by atoms with Gasteiger partial charge in [-0.2, -0.15) is 5.10 Å². The maximum absolute atomic E-state index is 11.8. The van der Waals surface area contributed by atoms with Crippen molar-refractivity contribution >= 4 is 15.7 Å². The lowest BCUT2D eigenvalue weighted by Gasteiger charge is -2.17. The van der Waals surface area contributed by atoms with E-state index in [9.17, 15) is 8.42 Å². The maximum atomic E-state index is 11.8. The zero-order valence-electron chi connectivity index (χ0n) is 8.53. The number of H-pyrrole nitrogens is 1. The standard InChI is InChI=1S/C8H15N3O2S/c1-8(2,3)5-14(12,13)6-4-10-11-7(6)9/h4H,5H2,1-3H3,(H3,9,10,11). The molecular weight excluding hydrogens is 202 g/mol. The topological polar surface area (TPSA) is 88.8 Å². The Balaban J connectivity index is 3.05. The minimum atomic E-state index is -3.32. The summed E-state index contributed by atoms with van der Waals surface area (Å²) in [5.74, 6) is 0.165. The van der Waals surface area contributed by atoms with Crippen molar-refractivity contribution in [2.45, 2.75) is 25.7 Å². The molecular formula is C8H15N3O2S. The first-order valence-corrected chi connectivity index (χ1v) is 5.89. The fourth-order valence-corrected chi connectivity index (χ4v) is 3.07. The highest BCUT2D eigenvalue weighted by molar-refractivity contribution is 7.91. The lowest BCUT2D eigenvalue weighted by Crippen LogP contribution is -2.21. The highest BCUT2D eigenvalue weighted by atomic mass is 32.2. The lowest BCUT2D eigenvalue weighted by molar-refractivity contribution is 0.462. The molecule has 0 radical (unpaired) electrons. The molecule has 0 aliphatic carbocycles. The normalized spacial score (nSPS) is 13.1. The van der Waals surface area contributed by atoms with Gasteiger partial charge >= 0.3 is 0 Å². The molecule has 0 aliphatic heterocycles. The second kappa shape index (κ2) is 3.27. The summed E-state index contributed by atoms with van der Waals surface area (Å²) in [5, 5.41) is 6.00. The molecule has 0 fully saturated rings. The summed E-state index contributed by atoms with van der Waals surface area (Å²) in [5.41, 5.74) is 5.16. The molecule has 0 bridgehead atoms. The number of hydrogen-bond acceptors (Lipinski definition) is 4. The first kappa shape index (κ1) is 11.0. The van der Waals surface area contributed by atoms with Gasteiger partial charge < -0.3 is 5.73 Å². The van der Waals surface area contributed by atoms with Crippen LogP contribution in [0.4, 0.5) is 5.82 Å². The van der Waals surface area contributed by atoms with E-state index < -0.39 is 9.84 Å². The van der Waals surface area contributed by atoms with E-state index in [4.69, 9.17) is 5.73 Å². The van der Waals surface area contributed by atoms with Crippen molar-refractivity contribution in [3.63, 3.8) is 0 Å². The number of hydrogen-bond donors (Lipinski definition) is 2. The smallest absolute Gasteiger partial charge is 0.184 e. The molecule has 1 aromatic heterocycles. The third-order valence-corrected chi connectivity index (χ3v) is 3.83. The van der Waals surface area contributed by atoms with Crippen molar-refractivity contribution in [1.82, 2.24) is 10.2 Å². The number of anilines is 1. The summed E-state index contributed by atoms with van der Waals surface area (Å²) in [6.07, 6.45) is 1.25. The average molecular weight is 217 g/mol. The van der Waals surface area contributed by atoms with Crippen molar-refractivity contribution in [2.24, 2.45) is 5.41 Å². The molecule has 3 N–H and O–H groups in total. The number of rotatable bonds is 2. The van der Waals surface area contributed by atoms with Gasteiger partial charge in [0.25, 0.3) is 0 Å². The first-order chi connectivity index (χ1) is 6.22. The fourth-order valence-electron chi connectivity index (χ4n) is 1.18. The fraction of sp³-hybridized carbons (Fsp3) is 0.625. The summed E-state index contributed by atoms with van der Waals surface area (Å²) in [6.45, 7) is 5.59. The van der Waals surface area contributed by atoms with Crippen LogP contribution in [-0.2, 0) is 9.84 Å². The molecule has 0 amide bonds. The minimum absolute atomic E-state index is 0.0593. The Bertz CT molecular complexity index is 414. The van der Waals surface area contributed by atoms with Crippen LogP contribution in [0.5, 0.6) is 0 Å². The minimum Gasteiger partial charge on any atom is -0.383 e. The summed E-state index contributed by atoms with van der Waals surface area (Å²) >= 11 is 0. The number of nitrogen functional groups attached to an aromatic ring is 1. The predicted octanol–water partition coefficient (Wildman–Crippen LogP) is 0.812. The van der Waals surface area contributed by atoms with Crippen molar-refractivity contribution in [3.05, 3.63) is 6.20 Å².